The topological polar surface area (TPSA) is 81.7 Å². The van der Waals surface area contributed by atoms with Gasteiger partial charge in [-0.25, -0.2) is 8.42 Å². The Kier molecular flexibility index (Phi) is 5.70. The van der Waals surface area contributed by atoms with E-state index in [1.165, 1.54) is 26.4 Å². The minimum atomic E-state index is -3.34. The molecule has 0 radical (unpaired) electrons. The normalized spacial score (nSPS) is 11.0. The van der Waals surface area contributed by atoms with E-state index in [1.807, 2.05) is 22.6 Å². The fourth-order valence-electron chi connectivity index (χ4n) is 2.03. The molecule has 0 unspecified atom stereocenters. The van der Waals surface area contributed by atoms with Crippen LogP contribution in [-0.2, 0) is 9.84 Å². The highest BCUT2D eigenvalue weighted by atomic mass is 127. The van der Waals surface area contributed by atoms with E-state index in [2.05, 4.69) is 5.32 Å². The van der Waals surface area contributed by atoms with Crippen molar-refractivity contribution < 1.29 is 22.7 Å². The minimum absolute atomic E-state index is 0.141. The molecule has 0 saturated carbocycles. The Morgan fingerprint density at radius 2 is 1.71 bits per heavy atom. The Balaban J connectivity index is 2.34. The molecule has 0 atom stereocenters. The van der Waals surface area contributed by atoms with Gasteiger partial charge in [0, 0.05) is 15.5 Å². The number of benzene rings is 2. The molecule has 0 aromatic heterocycles. The number of amides is 1. The first-order chi connectivity index (χ1) is 11.3. The number of ether oxygens (including phenoxy) is 2. The lowest BCUT2D eigenvalue weighted by Gasteiger charge is -2.12. The van der Waals surface area contributed by atoms with Crippen molar-refractivity contribution in [2.24, 2.45) is 0 Å². The van der Waals surface area contributed by atoms with E-state index in [0.717, 1.165) is 6.26 Å². The summed E-state index contributed by atoms with van der Waals surface area (Å²) in [6.07, 6.45) is 1.12. The second-order valence-electron chi connectivity index (χ2n) is 4.94. The Labute approximate surface area is 154 Å². The molecule has 2 aromatic rings. The van der Waals surface area contributed by atoms with Crippen LogP contribution in [0.2, 0.25) is 0 Å². The summed E-state index contributed by atoms with van der Waals surface area (Å²) in [5.41, 5.74) is 0.798. The molecular weight excluding hydrogens is 445 g/mol. The van der Waals surface area contributed by atoms with Gasteiger partial charge in [0.05, 0.1) is 24.7 Å². The predicted molar refractivity (Wildman–Crippen MR) is 99.8 cm³/mol. The fraction of sp³-hybridized carbons (Fsp3) is 0.188. The number of anilines is 1. The monoisotopic (exact) mass is 461 g/mol. The molecule has 128 valence electrons. The molecule has 0 heterocycles. The lowest BCUT2D eigenvalue weighted by molar-refractivity contribution is 0.102. The van der Waals surface area contributed by atoms with Gasteiger partial charge < -0.3 is 14.8 Å². The van der Waals surface area contributed by atoms with E-state index >= 15 is 0 Å². The molecule has 24 heavy (non-hydrogen) atoms. The molecule has 2 rings (SSSR count). The second kappa shape index (κ2) is 7.39. The quantitative estimate of drug-likeness (QED) is 0.693. The molecule has 1 amide bonds. The Hall–Kier alpha value is -1.81. The van der Waals surface area contributed by atoms with E-state index in [4.69, 9.17) is 9.47 Å². The summed E-state index contributed by atoms with van der Waals surface area (Å²) in [6, 6.07) is 9.37. The summed E-state index contributed by atoms with van der Waals surface area (Å²) in [6.45, 7) is 0. The molecule has 0 aliphatic carbocycles. The van der Waals surface area contributed by atoms with Crippen LogP contribution in [0.25, 0.3) is 0 Å². The molecule has 0 fully saturated rings. The molecular formula is C16H16INO5S. The maximum absolute atomic E-state index is 12.5. The van der Waals surface area contributed by atoms with Gasteiger partial charge >= 0.3 is 0 Å². The van der Waals surface area contributed by atoms with E-state index < -0.39 is 9.84 Å². The molecule has 2 aromatic carbocycles. The highest BCUT2D eigenvalue weighted by Crippen LogP contribution is 2.31. The predicted octanol–water partition coefficient (Wildman–Crippen LogP) is 2.96. The van der Waals surface area contributed by atoms with Gasteiger partial charge in [0.2, 0.25) is 0 Å². The summed E-state index contributed by atoms with van der Waals surface area (Å²) in [4.78, 5) is 12.6. The highest BCUT2D eigenvalue weighted by Gasteiger charge is 2.16. The zero-order valence-electron chi connectivity index (χ0n) is 13.3. The van der Waals surface area contributed by atoms with Crippen molar-refractivity contribution >= 4 is 44.0 Å². The largest absolute Gasteiger partial charge is 0.493 e. The van der Waals surface area contributed by atoms with Gasteiger partial charge in [0.1, 0.15) is 0 Å². The van der Waals surface area contributed by atoms with Crippen molar-refractivity contribution in [2.45, 2.75) is 4.90 Å². The number of sulfone groups is 1. The maximum Gasteiger partial charge on any atom is 0.256 e. The first kappa shape index (κ1) is 18.5. The van der Waals surface area contributed by atoms with E-state index in [1.54, 1.807) is 24.3 Å². The Bertz CT molecular complexity index is 880. The molecule has 6 nitrogen and oxygen atoms in total. The number of rotatable bonds is 5. The third-order valence-electron chi connectivity index (χ3n) is 3.24. The van der Waals surface area contributed by atoms with Crippen molar-refractivity contribution in [3.05, 3.63) is 45.5 Å². The zero-order valence-corrected chi connectivity index (χ0v) is 16.3. The summed E-state index contributed by atoms with van der Waals surface area (Å²) >= 11 is 2.03. The summed E-state index contributed by atoms with van der Waals surface area (Å²) in [5.74, 6) is 0.594. The van der Waals surface area contributed by atoms with Crippen LogP contribution < -0.4 is 14.8 Å². The number of carbonyl (C=O) groups is 1. The molecule has 0 spiro atoms. The average molecular weight is 461 g/mol. The zero-order chi connectivity index (χ0) is 17.9. The summed E-state index contributed by atoms with van der Waals surface area (Å²) in [7, 11) is -0.337. The number of nitrogens with one attached hydrogen (secondary N) is 1. The Morgan fingerprint density at radius 3 is 2.29 bits per heavy atom. The van der Waals surface area contributed by atoms with Crippen molar-refractivity contribution in [1.82, 2.24) is 0 Å². The van der Waals surface area contributed by atoms with Crippen LogP contribution in [0.15, 0.2) is 41.3 Å². The lowest BCUT2D eigenvalue weighted by atomic mass is 10.2. The standard InChI is InChI=1S/C16H16INO5S/c1-22-14-8-12(13(17)9-15(14)23-2)16(19)18-10-5-4-6-11(7-10)24(3,20)21/h4-9H,1-3H3,(H,18,19). The average Bonchev–Trinajstić information content (AvgIpc) is 2.53. The number of methoxy groups -OCH3 is 2. The lowest BCUT2D eigenvalue weighted by Crippen LogP contribution is -2.14. The van der Waals surface area contributed by atoms with Crippen LogP contribution in [0.1, 0.15) is 10.4 Å². The summed E-state index contributed by atoms with van der Waals surface area (Å²) in [5, 5.41) is 2.70. The van der Waals surface area contributed by atoms with Crippen LogP contribution >= 0.6 is 22.6 Å². The maximum atomic E-state index is 12.5. The van der Waals surface area contributed by atoms with Gasteiger partial charge in [-0.1, -0.05) is 6.07 Å². The van der Waals surface area contributed by atoms with E-state index in [0.29, 0.717) is 26.3 Å². The van der Waals surface area contributed by atoms with Gasteiger partial charge in [0.15, 0.2) is 21.3 Å². The molecule has 0 saturated heterocycles. The van der Waals surface area contributed by atoms with Crippen molar-refractivity contribution in [1.29, 1.82) is 0 Å². The fourth-order valence-corrected chi connectivity index (χ4v) is 3.38. The van der Waals surface area contributed by atoms with Gasteiger partial charge in [-0.05, 0) is 52.9 Å². The van der Waals surface area contributed by atoms with Crippen molar-refractivity contribution in [3.63, 3.8) is 0 Å². The smallest absolute Gasteiger partial charge is 0.256 e. The van der Waals surface area contributed by atoms with Gasteiger partial charge in [-0.15, -0.1) is 0 Å². The third kappa shape index (κ3) is 4.18. The van der Waals surface area contributed by atoms with Crippen LogP contribution in [-0.4, -0.2) is 34.8 Å². The van der Waals surface area contributed by atoms with Crippen LogP contribution in [0, 0.1) is 3.57 Å². The molecule has 0 aliphatic rings. The first-order valence-corrected chi connectivity index (χ1v) is 9.76. The van der Waals surface area contributed by atoms with Gasteiger partial charge in [0.25, 0.3) is 5.91 Å². The van der Waals surface area contributed by atoms with E-state index in [9.17, 15) is 13.2 Å². The van der Waals surface area contributed by atoms with Crippen molar-refractivity contribution in [2.75, 3.05) is 25.8 Å². The van der Waals surface area contributed by atoms with Crippen LogP contribution in [0.4, 0.5) is 5.69 Å². The van der Waals surface area contributed by atoms with Gasteiger partial charge in [-0.2, -0.15) is 0 Å². The summed E-state index contributed by atoms with van der Waals surface area (Å²) < 4.78 is 34.3. The molecule has 8 heteroatoms. The van der Waals surface area contributed by atoms with E-state index in [-0.39, 0.29) is 10.8 Å². The third-order valence-corrected chi connectivity index (χ3v) is 5.24. The molecule has 1 N–H and O–H groups in total. The Morgan fingerprint density at radius 1 is 1.08 bits per heavy atom. The second-order valence-corrected chi connectivity index (χ2v) is 8.12. The minimum Gasteiger partial charge on any atom is -0.493 e. The van der Waals surface area contributed by atoms with Gasteiger partial charge in [-0.3, -0.25) is 4.79 Å². The van der Waals surface area contributed by atoms with Crippen LogP contribution in [0.3, 0.4) is 0 Å². The number of hydrogen-bond acceptors (Lipinski definition) is 5. The SMILES string of the molecule is COc1cc(I)c(C(=O)Nc2cccc(S(C)(=O)=O)c2)cc1OC. The number of hydrogen-bond donors (Lipinski definition) is 1. The van der Waals surface area contributed by atoms with Crippen molar-refractivity contribution in [3.8, 4) is 11.5 Å². The first-order valence-electron chi connectivity index (χ1n) is 6.79. The molecule has 0 aliphatic heterocycles. The highest BCUT2D eigenvalue weighted by molar-refractivity contribution is 14.1. The van der Waals surface area contributed by atoms with Crippen LogP contribution in [0.5, 0.6) is 11.5 Å². The molecule has 0 bridgehead atoms. The number of halogens is 1. The number of carbonyl (C=O) groups excluding carboxylic acids is 1.